The minimum atomic E-state index is -0.484. The number of phenols is 2. The lowest BCUT2D eigenvalue weighted by Crippen LogP contribution is -2.28. The first-order valence-electron chi connectivity index (χ1n) is 17.5. The van der Waals surface area contributed by atoms with Gasteiger partial charge in [0.1, 0.15) is 57.8 Å². The minimum absolute atomic E-state index is 0.160. The van der Waals surface area contributed by atoms with Crippen molar-refractivity contribution in [2.24, 2.45) is 0 Å². The van der Waals surface area contributed by atoms with Gasteiger partial charge in [0.15, 0.2) is 0 Å². The third-order valence-corrected chi connectivity index (χ3v) is 9.26. The van der Waals surface area contributed by atoms with Crippen LogP contribution in [0.4, 0.5) is 0 Å². The van der Waals surface area contributed by atoms with E-state index in [0.717, 1.165) is 12.8 Å². The van der Waals surface area contributed by atoms with Crippen LogP contribution in [-0.2, 0) is 22.3 Å². The van der Waals surface area contributed by atoms with E-state index in [4.69, 9.17) is 28.4 Å². The molecule has 0 fully saturated rings. The molecule has 0 radical (unpaired) electrons. The Balaban J connectivity index is 1.77. The molecule has 2 heterocycles. The zero-order valence-electron chi connectivity index (χ0n) is 30.0. The molecular weight excluding hydrogens is 640 g/mol. The molecule has 0 aliphatic carbocycles. The second-order valence-corrected chi connectivity index (χ2v) is 13.6. The second-order valence-electron chi connectivity index (χ2n) is 13.6. The molecule has 0 aromatic heterocycles. The number of ether oxygens (including phenoxy) is 6. The van der Waals surface area contributed by atoms with Gasteiger partial charge in [0.2, 0.25) is 0 Å². The Bertz CT molecular complexity index is 1850. The van der Waals surface area contributed by atoms with Gasteiger partial charge in [0.25, 0.3) is 0 Å². The van der Waals surface area contributed by atoms with Crippen LogP contribution in [0.1, 0.15) is 99.1 Å². The van der Waals surface area contributed by atoms with E-state index in [9.17, 15) is 19.8 Å². The van der Waals surface area contributed by atoms with Gasteiger partial charge in [0, 0.05) is 46.9 Å². The molecule has 0 bridgehead atoms. The topological polar surface area (TPSA) is 130 Å². The van der Waals surface area contributed by atoms with Crippen molar-refractivity contribution in [2.45, 2.75) is 104 Å². The summed E-state index contributed by atoms with van der Waals surface area (Å²) in [6.07, 6.45) is 2.76. The summed E-state index contributed by atoms with van der Waals surface area (Å²) in [6.45, 7) is 11.5. The van der Waals surface area contributed by atoms with Crippen molar-refractivity contribution < 1.29 is 48.2 Å². The lowest BCUT2D eigenvalue weighted by atomic mass is 9.85. The number of phenolic OH excluding ortho intramolecular Hbond substituents is 2. The van der Waals surface area contributed by atoms with Crippen LogP contribution in [0.3, 0.4) is 0 Å². The van der Waals surface area contributed by atoms with Crippen LogP contribution in [0.2, 0.25) is 0 Å². The summed E-state index contributed by atoms with van der Waals surface area (Å²) in [4.78, 5) is 27.0. The van der Waals surface area contributed by atoms with Crippen LogP contribution >= 0.6 is 0 Å². The molecule has 266 valence electrons. The number of hydrogen-bond donors (Lipinski definition) is 2. The largest absolute Gasteiger partial charge is 0.507 e. The van der Waals surface area contributed by atoms with Crippen LogP contribution in [0, 0.1) is 0 Å². The van der Waals surface area contributed by atoms with Crippen LogP contribution in [0.5, 0.6) is 34.5 Å². The van der Waals surface area contributed by atoms with E-state index in [1.807, 2.05) is 53.7 Å². The van der Waals surface area contributed by atoms with Crippen molar-refractivity contribution in [1.82, 2.24) is 0 Å². The number of esters is 2. The summed E-state index contributed by atoms with van der Waals surface area (Å²) in [7, 11) is 2.97. The highest BCUT2D eigenvalue weighted by molar-refractivity contribution is 6.18. The smallest absolute Gasteiger partial charge is 0.342 e. The van der Waals surface area contributed by atoms with Gasteiger partial charge < -0.3 is 38.6 Å². The fraction of sp³-hybridized carbons (Fsp3) is 0.450. The highest BCUT2D eigenvalue weighted by atomic mass is 16.6. The quantitative estimate of drug-likeness (QED) is 0.148. The lowest BCUT2D eigenvalue weighted by Gasteiger charge is -2.29. The van der Waals surface area contributed by atoms with E-state index in [0.29, 0.717) is 92.1 Å². The molecule has 0 amide bonds. The van der Waals surface area contributed by atoms with Gasteiger partial charge in [-0.1, -0.05) is 26.7 Å². The maximum atomic E-state index is 13.5. The highest BCUT2D eigenvalue weighted by Gasteiger charge is 2.36. The first-order chi connectivity index (χ1) is 23.9. The van der Waals surface area contributed by atoms with Gasteiger partial charge in [-0.05, 0) is 63.8 Å². The first kappa shape index (κ1) is 35.0. The van der Waals surface area contributed by atoms with Gasteiger partial charge in [-0.3, -0.25) is 0 Å². The molecule has 0 saturated heterocycles. The Morgan fingerprint density at radius 2 is 1.04 bits per heavy atom. The Morgan fingerprint density at radius 1 is 0.660 bits per heavy atom. The molecular formula is C40H46O10. The molecule has 0 unspecified atom stereocenters. The predicted molar refractivity (Wildman–Crippen MR) is 190 cm³/mol. The van der Waals surface area contributed by atoms with Crippen molar-refractivity contribution in [2.75, 3.05) is 14.2 Å². The fourth-order valence-electron chi connectivity index (χ4n) is 7.48. The molecule has 2 aliphatic rings. The molecule has 2 N–H and O–H groups in total. The average Bonchev–Trinajstić information content (AvgIpc) is 3.03. The molecule has 2 aliphatic heterocycles. The average molecular weight is 687 g/mol. The first-order valence-corrected chi connectivity index (χ1v) is 17.5. The van der Waals surface area contributed by atoms with Crippen LogP contribution in [0.15, 0.2) is 24.3 Å². The van der Waals surface area contributed by atoms with Crippen molar-refractivity contribution in [3.05, 3.63) is 46.5 Å². The van der Waals surface area contributed by atoms with E-state index in [2.05, 4.69) is 0 Å². The summed E-state index contributed by atoms with van der Waals surface area (Å²) in [5, 5.41) is 25.9. The number of carbonyl (C=O) groups excluding carboxylic acids is 2. The number of aromatic hydroxyl groups is 2. The number of rotatable bonds is 11. The second kappa shape index (κ2) is 13.8. The molecule has 6 rings (SSSR count). The molecule has 10 heteroatoms. The van der Waals surface area contributed by atoms with E-state index < -0.39 is 11.9 Å². The SMILES string of the molecule is CCC[C@H]1Cc2cc3c(-c4c(O)cc(OC(C)C)c5c(OC)c6c(cc45)C[C@H](CCC)OC6=O)c(O)cc(OC(C)C)c3c(OC)c2C(=O)O1. The summed E-state index contributed by atoms with van der Waals surface area (Å²) in [6, 6.07) is 6.70. The Morgan fingerprint density at radius 3 is 1.36 bits per heavy atom. The number of benzene rings is 4. The van der Waals surface area contributed by atoms with Crippen molar-refractivity contribution in [3.63, 3.8) is 0 Å². The Kier molecular flexibility index (Phi) is 9.66. The molecule has 2 atom stereocenters. The molecule has 0 spiro atoms. The number of fused-ring (bicyclic) bond motifs is 4. The lowest BCUT2D eigenvalue weighted by molar-refractivity contribution is 0.0222. The molecule has 10 nitrogen and oxygen atoms in total. The van der Waals surface area contributed by atoms with Gasteiger partial charge in [0.05, 0.1) is 37.2 Å². The Labute approximate surface area is 292 Å². The van der Waals surface area contributed by atoms with Gasteiger partial charge in [-0.2, -0.15) is 0 Å². The number of carbonyl (C=O) groups is 2. The predicted octanol–water partition coefficient (Wildman–Crippen LogP) is 8.43. The van der Waals surface area contributed by atoms with Crippen molar-refractivity contribution >= 4 is 33.5 Å². The summed E-state index contributed by atoms with van der Waals surface area (Å²) in [5.41, 5.74) is 2.62. The number of methoxy groups -OCH3 is 2. The molecule has 50 heavy (non-hydrogen) atoms. The van der Waals surface area contributed by atoms with Crippen LogP contribution in [-0.4, -0.2) is 60.8 Å². The summed E-state index contributed by atoms with van der Waals surface area (Å²) in [5.74, 6) is -0.147. The standard InChI is InChI=1S/C40H46O10/c1-9-11-23-13-21-15-25-33(27(41)17-29(47-19(3)4)35(25)37(45-7)31(21)39(43)49-23)34-26-16-22-14-24(12-10-2)50-40(44)32(22)38(46-8)36(26)30(18-28(34)42)48-20(5)6/h15-20,23-24,41-42H,9-14H2,1-8H3/t23-,24-/m0/s1. The number of cyclic esters (lactones) is 2. The Hall–Kier alpha value is -4.86. The van der Waals surface area contributed by atoms with Gasteiger partial charge >= 0.3 is 11.9 Å². The zero-order valence-corrected chi connectivity index (χ0v) is 30.0. The van der Waals surface area contributed by atoms with Crippen LogP contribution in [0.25, 0.3) is 32.7 Å². The third-order valence-electron chi connectivity index (χ3n) is 9.26. The summed E-state index contributed by atoms with van der Waals surface area (Å²) < 4.78 is 36.0. The third kappa shape index (κ3) is 5.98. The van der Waals surface area contributed by atoms with Crippen molar-refractivity contribution in [1.29, 1.82) is 0 Å². The normalized spacial score (nSPS) is 17.1. The highest BCUT2D eigenvalue weighted by Crippen LogP contribution is 2.55. The van der Waals surface area contributed by atoms with E-state index in [1.165, 1.54) is 26.4 Å². The van der Waals surface area contributed by atoms with Gasteiger partial charge in [-0.25, -0.2) is 9.59 Å². The van der Waals surface area contributed by atoms with Crippen molar-refractivity contribution in [3.8, 4) is 45.6 Å². The molecule has 4 aromatic rings. The van der Waals surface area contributed by atoms with E-state index >= 15 is 0 Å². The van der Waals surface area contributed by atoms with Gasteiger partial charge in [-0.15, -0.1) is 0 Å². The molecule has 0 saturated carbocycles. The van der Waals surface area contributed by atoms with Crippen LogP contribution < -0.4 is 18.9 Å². The molecule has 4 aromatic carbocycles. The van der Waals surface area contributed by atoms with E-state index in [1.54, 1.807) is 0 Å². The zero-order chi connectivity index (χ0) is 36.0. The minimum Gasteiger partial charge on any atom is -0.507 e. The fourth-order valence-corrected chi connectivity index (χ4v) is 7.48. The number of hydrogen-bond acceptors (Lipinski definition) is 10. The maximum absolute atomic E-state index is 13.5. The van der Waals surface area contributed by atoms with E-state index in [-0.39, 0.29) is 47.4 Å². The monoisotopic (exact) mass is 686 g/mol. The maximum Gasteiger partial charge on any atom is 0.342 e. The summed E-state index contributed by atoms with van der Waals surface area (Å²) >= 11 is 0.